The number of hydrogen-bond donors (Lipinski definition) is 1. The van der Waals surface area contributed by atoms with Crippen molar-refractivity contribution < 1.29 is 0 Å². The van der Waals surface area contributed by atoms with Crippen LogP contribution < -0.4 is 5.73 Å². The molecule has 1 aliphatic heterocycles. The average Bonchev–Trinajstić information content (AvgIpc) is 1.80. The summed E-state index contributed by atoms with van der Waals surface area (Å²) in [5.74, 6) is 1.36. The van der Waals surface area contributed by atoms with Gasteiger partial charge in [-0.05, 0) is 19.8 Å². The van der Waals surface area contributed by atoms with Gasteiger partial charge in [-0.2, -0.15) is 0 Å². The molecule has 2 heteroatoms. The molecule has 0 aromatic carbocycles. The molecule has 1 aliphatic rings. The molecule has 0 spiro atoms. The van der Waals surface area contributed by atoms with Gasteiger partial charge in [0.05, 0.1) is 5.84 Å². The van der Waals surface area contributed by atoms with Gasteiger partial charge in [-0.1, -0.05) is 6.92 Å². The smallest absolute Gasteiger partial charge is 0.0968 e. The maximum atomic E-state index is 5.62. The van der Waals surface area contributed by atoms with Gasteiger partial charge in [0.15, 0.2) is 0 Å². The molecule has 0 saturated carbocycles. The Hall–Kier alpha value is -0.530. The van der Waals surface area contributed by atoms with Crippen LogP contribution in [0.1, 0.15) is 26.7 Å². The minimum atomic E-state index is 0.459. The van der Waals surface area contributed by atoms with Crippen molar-refractivity contribution in [1.29, 1.82) is 0 Å². The summed E-state index contributed by atoms with van der Waals surface area (Å²) in [5, 5.41) is 0. The fourth-order valence-electron chi connectivity index (χ4n) is 1.09. The molecule has 0 fully saturated rings. The summed E-state index contributed by atoms with van der Waals surface area (Å²) in [7, 11) is 0. The molecule has 0 aromatic heterocycles. The zero-order valence-electron chi connectivity index (χ0n) is 6.09. The molecule has 0 bridgehead atoms. The lowest BCUT2D eigenvalue weighted by atomic mass is 9.98. The number of hydrogen-bond acceptors (Lipinski definition) is 2. The Morgan fingerprint density at radius 2 is 2.11 bits per heavy atom. The van der Waals surface area contributed by atoms with Gasteiger partial charge in [0.2, 0.25) is 0 Å². The maximum absolute atomic E-state index is 5.62. The van der Waals surface area contributed by atoms with Crippen molar-refractivity contribution in [2.75, 3.05) is 0 Å². The van der Waals surface area contributed by atoms with E-state index in [1.165, 1.54) is 12.8 Å². The highest BCUT2D eigenvalue weighted by atomic mass is 14.9. The third-order valence-electron chi connectivity index (χ3n) is 1.89. The minimum absolute atomic E-state index is 0.459. The van der Waals surface area contributed by atoms with Crippen LogP contribution in [0.4, 0.5) is 0 Å². The fraction of sp³-hybridized carbons (Fsp3) is 0.857. The van der Waals surface area contributed by atoms with E-state index in [2.05, 4.69) is 18.8 Å². The predicted octanol–water partition coefficient (Wildman–Crippen LogP) is 1.16. The summed E-state index contributed by atoms with van der Waals surface area (Å²) < 4.78 is 0. The summed E-state index contributed by atoms with van der Waals surface area (Å²) >= 11 is 0. The topological polar surface area (TPSA) is 38.4 Å². The third-order valence-corrected chi connectivity index (χ3v) is 1.89. The van der Waals surface area contributed by atoms with Crippen molar-refractivity contribution in [1.82, 2.24) is 0 Å². The Balaban J connectivity index is 2.61. The molecular weight excluding hydrogens is 112 g/mol. The minimum Gasteiger partial charge on any atom is -0.387 e. The molecule has 0 aromatic rings. The van der Waals surface area contributed by atoms with Crippen molar-refractivity contribution in [3.05, 3.63) is 0 Å². The van der Waals surface area contributed by atoms with E-state index in [-0.39, 0.29) is 0 Å². The van der Waals surface area contributed by atoms with Crippen LogP contribution in [0, 0.1) is 5.92 Å². The standard InChI is InChI=1S/C7H14N2/c1-5-3-4-6(2)9-7(5)8/h5-6H,3-4H2,1-2H3,(H2,8,9). The Morgan fingerprint density at radius 1 is 1.44 bits per heavy atom. The van der Waals surface area contributed by atoms with Gasteiger partial charge in [-0.3, -0.25) is 4.99 Å². The van der Waals surface area contributed by atoms with E-state index in [0.29, 0.717) is 12.0 Å². The van der Waals surface area contributed by atoms with Crippen LogP contribution in [0.15, 0.2) is 4.99 Å². The fourth-order valence-corrected chi connectivity index (χ4v) is 1.09. The first-order valence-corrected chi connectivity index (χ1v) is 3.53. The van der Waals surface area contributed by atoms with Gasteiger partial charge in [-0.15, -0.1) is 0 Å². The first-order valence-electron chi connectivity index (χ1n) is 3.53. The number of nitrogens with zero attached hydrogens (tertiary/aromatic N) is 1. The van der Waals surface area contributed by atoms with E-state index in [9.17, 15) is 0 Å². The number of amidine groups is 1. The molecule has 2 unspecified atom stereocenters. The van der Waals surface area contributed by atoms with E-state index < -0.39 is 0 Å². The first-order chi connectivity index (χ1) is 4.20. The van der Waals surface area contributed by atoms with E-state index in [1.54, 1.807) is 0 Å². The summed E-state index contributed by atoms with van der Waals surface area (Å²) in [6.45, 7) is 4.24. The van der Waals surface area contributed by atoms with E-state index in [1.807, 2.05) is 0 Å². The van der Waals surface area contributed by atoms with E-state index in [0.717, 1.165) is 5.84 Å². The van der Waals surface area contributed by atoms with Gasteiger partial charge in [0.1, 0.15) is 0 Å². The molecule has 9 heavy (non-hydrogen) atoms. The largest absolute Gasteiger partial charge is 0.387 e. The lowest BCUT2D eigenvalue weighted by Gasteiger charge is -2.19. The Morgan fingerprint density at radius 3 is 2.56 bits per heavy atom. The van der Waals surface area contributed by atoms with Crippen LogP contribution >= 0.6 is 0 Å². The van der Waals surface area contributed by atoms with Crippen LogP contribution in [-0.2, 0) is 0 Å². The summed E-state index contributed by atoms with van der Waals surface area (Å²) in [4.78, 5) is 4.26. The summed E-state index contributed by atoms with van der Waals surface area (Å²) in [6.07, 6.45) is 2.40. The van der Waals surface area contributed by atoms with Gasteiger partial charge >= 0.3 is 0 Å². The van der Waals surface area contributed by atoms with Crippen molar-refractivity contribution >= 4 is 5.84 Å². The summed E-state index contributed by atoms with van der Waals surface area (Å²) in [6, 6.07) is 0.459. The number of aliphatic imine (C=N–C) groups is 1. The van der Waals surface area contributed by atoms with Gasteiger partial charge < -0.3 is 5.73 Å². The first kappa shape index (κ1) is 6.59. The molecule has 0 amide bonds. The predicted molar refractivity (Wildman–Crippen MR) is 39.5 cm³/mol. The van der Waals surface area contributed by atoms with Gasteiger partial charge in [0.25, 0.3) is 0 Å². The molecular formula is C7H14N2. The Labute approximate surface area is 56.2 Å². The second-order valence-electron chi connectivity index (χ2n) is 2.88. The second-order valence-corrected chi connectivity index (χ2v) is 2.88. The highest BCUT2D eigenvalue weighted by Crippen LogP contribution is 2.15. The quantitative estimate of drug-likeness (QED) is 0.519. The molecule has 2 atom stereocenters. The third kappa shape index (κ3) is 1.44. The van der Waals surface area contributed by atoms with Crippen LogP contribution in [-0.4, -0.2) is 11.9 Å². The zero-order valence-corrected chi connectivity index (χ0v) is 6.09. The van der Waals surface area contributed by atoms with Gasteiger partial charge in [-0.25, -0.2) is 0 Å². The molecule has 0 radical (unpaired) electrons. The van der Waals surface area contributed by atoms with Crippen molar-refractivity contribution in [3.63, 3.8) is 0 Å². The van der Waals surface area contributed by atoms with Crippen molar-refractivity contribution in [2.45, 2.75) is 32.7 Å². The van der Waals surface area contributed by atoms with E-state index >= 15 is 0 Å². The van der Waals surface area contributed by atoms with E-state index in [4.69, 9.17) is 5.73 Å². The Bertz CT molecular complexity index is 129. The monoisotopic (exact) mass is 126 g/mol. The average molecular weight is 126 g/mol. The SMILES string of the molecule is CC1CCC(C)C(N)=N1. The van der Waals surface area contributed by atoms with Crippen LogP contribution in [0.25, 0.3) is 0 Å². The summed E-state index contributed by atoms with van der Waals surface area (Å²) in [5.41, 5.74) is 5.62. The highest BCUT2D eigenvalue weighted by molar-refractivity contribution is 5.83. The van der Waals surface area contributed by atoms with Gasteiger partial charge in [0, 0.05) is 12.0 Å². The molecule has 0 aliphatic carbocycles. The molecule has 2 nitrogen and oxygen atoms in total. The highest BCUT2D eigenvalue weighted by Gasteiger charge is 2.14. The van der Waals surface area contributed by atoms with Crippen molar-refractivity contribution in [3.8, 4) is 0 Å². The lowest BCUT2D eigenvalue weighted by Crippen LogP contribution is -2.27. The molecule has 1 rings (SSSR count). The molecule has 52 valence electrons. The molecule has 1 heterocycles. The molecule has 2 N–H and O–H groups in total. The molecule has 0 saturated heterocycles. The number of nitrogens with two attached hydrogens (primary N) is 1. The lowest BCUT2D eigenvalue weighted by molar-refractivity contribution is 0.529. The Kier molecular flexibility index (Phi) is 1.74. The van der Waals surface area contributed by atoms with Crippen LogP contribution in [0.2, 0.25) is 0 Å². The van der Waals surface area contributed by atoms with Crippen LogP contribution in [0.5, 0.6) is 0 Å². The maximum Gasteiger partial charge on any atom is 0.0968 e. The normalized spacial score (nSPS) is 36.0. The second kappa shape index (κ2) is 2.38. The van der Waals surface area contributed by atoms with Crippen LogP contribution in [0.3, 0.4) is 0 Å². The van der Waals surface area contributed by atoms with Crippen molar-refractivity contribution in [2.24, 2.45) is 16.6 Å². The zero-order chi connectivity index (χ0) is 6.85. The number of rotatable bonds is 0.